The van der Waals surface area contributed by atoms with Crippen LogP contribution in [0.25, 0.3) is 0 Å². The number of hydrogen-bond acceptors (Lipinski definition) is 2. The maximum atomic E-state index is 8.81. The standard InChI is InChI=1S/C9H16N2/c1-8(2)4-3-5-9(11,6-8)7-10/h3-6,11H2,1-2H3/t9-/m1/s1. The molecule has 1 aliphatic rings. The van der Waals surface area contributed by atoms with Gasteiger partial charge < -0.3 is 5.73 Å². The fraction of sp³-hybridized carbons (Fsp3) is 0.889. The summed E-state index contributed by atoms with van der Waals surface area (Å²) < 4.78 is 0. The van der Waals surface area contributed by atoms with Crippen molar-refractivity contribution in [2.75, 3.05) is 0 Å². The molecule has 1 aliphatic carbocycles. The summed E-state index contributed by atoms with van der Waals surface area (Å²) in [7, 11) is 0. The first-order valence-corrected chi connectivity index (χ1v) is 4.18. The average Bonchev–Trinajstić information content (AvgIpc) is 1.85. The monoisotopic (exact) mass is 152 g/mol. The van der Waals surface area contributed by atoms with Crippen LogP contribution in [0.1, 0.15) is 39.5 Å². The molecular formula is C9H16N2. The lowest BCUT2D eigenvalue weighted by Gasteiger charge is -2.38. The molecule has 0 unspecified atom stereocenters. The Bertz CT molecular complexity index is 190. The van der Waals surface area contributed by atoms with E-state index in [-0.39, 0.29) is 5.41 Å². The number of hydrogen-bond donors (Lipinski definition) is 1. The summed E-state index contributed by atoms with van der Waals surface area (Å²) in [6.07, 6.45) is 4.01. The zero-order valence-corrected chi connectivity index (χ0v) is 7.35. The molecule has 2 heteroatoms. The van der Waals surface area contributed by atoms with Crippen LogP contribution in [0.4, 0.5) is 0 Å². The zero-order chi connectivity index (χ0) is 8.54. The SMILES string of the molecule is CC1(C)CCC[C@](N)(C#N)C1. The van der Waals surface area contributed by atoms with Crippen LogP contribution in [0.15, 0.2) is 0 Å². The van der Waals surface area contributed by atoms with E-state index in [4.69, 9.17) is 11.0 Å². The van der Waals surface area contributed by atoms with Gasteiger partial charge in [-0.25, -0.2) is 0 Å². The Morgan fingerprint density at radius 3 is 2.36 bits per heavy atom. The lowest BCUT2D eigenvalue weighted by atomic mass is 9.69. The van der Waals surface area contributed by atoms with Gasteiger partial charge in [0.05, 0.1) is 6.07 Å². The fourth-order valence-corrected chi connectivity index (χ4v) is 2.01. The topological polar surface area (TPSA) is 49.8 Å². The Morgan fingerprint density at radius 1 is 1.36 bits per heavy atom. The van der Waals surface area contributed by atoms with Gasteiger partial charge in [0, 0.05) is 0 Å². The molecule has 0 heterocycles. The van der Waals surface area contributed by atoms with E-state index in [0.29, 0.717) is 0 Å². The van der Waals surface area contributed by atoms with Gasteiger partial charge in [0.2, 0.25) is 0 Å². The molecule has 0 aromatic heterocycles. The van der Waals surface area contributed by atoms with Crippen molar-refractivity contribution >= 4 is 0 Å². The minimum Gasteiger partial charge on any atom is -0.313 e. The second-order valence-corrected chi connectivity index (χ2v) is 4.46. The van der Waals surface area contributed by atoms with E-state index in [1.54, 1.807) is 0 Å². The minimum atomic E-state index is -0.540. The lowest BCUT2D eigenvalue weighted by molar-refractivity contribution is 0.186. The third-order valence-electron chi connectivity index (χ3n) is 2.49. The van der Waals surface area contributed by atoms with Gasteiger partial charge in [0.15, 0.2) is 0 Å². The van der Waals surface area contributed by atoms with Gasteiger partial charge in [-0.2, -0.15) is 5.26 Å². The maximum absolute atomic E-state index is 8.81. The smallest absolute Gasteiger partial charge is 0.104 e. The molecule has 0 saturated heterocycles. The summed E-state index contributed by atoms with van der Waals surface area (Å²) in [5.74, 6) is 0. The summed E-state index contributed by atoms with van der Waals surface area (Å²) in [6.45, 7) is 4.37. The van der Waals surface area contributed by atoms with Crippen LogP contribution in [-0.2, 0) is 0 Å². The molecule has 0 spiro atoms. The molecule has 0 radical (unpaired) electrons. The highest BCUT2D eigenvalue weighted by Crippen LogP contribution is 2.39. The van der Waals surface area contributed by atoms with Gasteiger partial charge in [0.25, 0.3) is 0 Å². The highest BCUT2D eigenvalue weighted by molar-refractivity contribution is 5.09. The first-order valence-electron chi connectivity index (χ1n) is 4.18. The summed E-state index contributed by atoms with van der Waals surface area (Å²) in [5, 5.41) is 8.81. The van der Waals surface area contributed by atoms with Crippen LogP contribution in [0.2, 0.25) is 0 Å². The second kappa shape index (κ2) is 2.49. The van der Waals surface area contributed by atoms with Crippen molar-refractivity contribution in [2.45, 2.75) is 45.1 Å². The number of rotatable bonds is 0. The third-order valence-corrected chi connectivity index (χ3v) is 2.49. The van der Waals surface area contributed by atoms with Crippen molar-refractivity contribution in [1.82, 2.24) is 0 Å². The van der Waals surface area contributed by atoms with E-state index in [1.165, 1.54) is 6.42 Å². The maximum Gasteiger partial charge on any atom is 0.104 e. The predicted octanol–water partition coefficient (Wildman–Crippen LogP) is 1.81. The van der Waals surface area contributed by atoms with Crippen LogP contribution in [0, 0.1) is 16.7 Å². The van der Waals surface area contributed by atoms with Crippen LogP contribution in [0.3, 0.4) is 0 Å². The average molecular weight is 152 g/mol. The highest BCUT2D eigenvalue weighted by atomic mass is 14.8. The molecule has 2 nitrogen and oxygen atoms in total. The summed E-state index contributed by atoms with van der Waals surface area (Å²) >= 11 is 0. The largest absolute Gasteiger partial charge is 0.313 e. The Kier molecular flexibility index (Phi) is 1.94. The molecule has 62 valence electrons. The van der Waals surface area contributed by atoms with Gasteiger partial charge >= 0.3 is 0 Å². The molecule has 11 heavy (non-hydrogen) atoms. The molecule has 0 amide bonds. The fourth-order valence-electron chi connectivity index (χ4n) is 2.01. The lowest BCUT2D eigenvalue weighted by Crippen LogP contribution is -2.45. The zero-order valence-electron chi connectivity index (χ0n) is 7.35. The number of nitriles is 1. The van der Waals surface area contributed by atoms with E-state index in [0.717, 1.165) is 19.3 Å². The van der Waals surface area contributed by atoms with E-state index in [2.05, 4.69) is 19.9 Å². The van der Waals surface area contributed by atoms with Crippen LogP contribution < -0.4 is 5.73 Å². The van der Waals surface area contributed by atoms with Crippen LogP contribution >= 0.6 is 0 Å². The molecule has 1 rings (SSSR count). The van der Waals surface area contributed by atoms with Gasteiger partial charge in [-0.15, -0.1) is 0 Å². The predicted molar refractivity (Wildman–Crippen MR) is 44.8 cm³/mol. The molecule has 1 fully saturated rings. The Balaban J connectivity index is 2.69. The van der Waals surface area contributed by atoms with Crippen molar-refractivity contribution < 1.29 is 0 Å². The Labute approximate surface area is 68.4 Å². The van der Waals surface area contributed by atoms with E-state index in [1.807, 2.05) is 0 Å². The van der Waals surface area contributed by atoms with Gasteiger partial charge in [-0.1, -0.05) is 20.3 Å². The van der Waals surface area contributed by atoms with E-state index in [9.17, 15) is 0 Å². The molecule has 1 atom stereocenters. The van der Waals surface area contributed by atoms with E-state index < -0.39 is 5.54 Å². The molecule has 0 aliphatic heterocycles. The van der Waals surface area contributed by atoms with E-state index >= 15 is 0 Å². The molecule has 0 aromatic carbocycles. The third kappa shape index (κ3) is 1.94. The normalized spacial score (nSPS) is 36.2. The highest BCUT2D eigenvalue weighted by Gasteiger charge is 2.36. The van der Waals surface area contributed by atoms with Gasteiger partial charge in [0.1, 0.15) is 5.54 Å². The van der Waals surface area contributed by atoms with Crippen LogP contribution in [0.5, 0.6) is 0 Å². The molecule has 0 aromatic rings. The molecule has 2 N–H and O–H groups in total. The summed E-state index contributed by atoms with van der Waals surface area (Å²) in [4.78, 5) is 0. The van der Waals surface area contributed by atoms with Crippen molar-refractivity contribution in [3.05, 3.63) is 0 Å². The molecule has 1 saturated carbocycles. The van der Waals surface area contributed by atoms with Gasteiger partial charge in [-0.3, -0.25) is 0 Å². The first-order chi connectivity index (χ1) is 4.97. The van der Waals surface area contributed by atoms with Crippen molar-refractivity contribution in [2.24, 2.45) is 11.1 Å². The second-order valence-electron chi connectivity index (χ2n) is 4.46. The molecular weight excluding hydrogens is 136 g/mol. The number of nitrogens with zero attached hydrogens (tertiary/aromatic N) is 1. The van der Waals surface area contributed by atoms with Crippen molar-refractivity contribution in [3.8, 4) is 6.07 Å². The van der Waals surface area contributed by atoms with Crippen molar-refractivity contribution in [1.29, 1.82) is 5.26 Å². The first kappa shape index (κ1) is 8.55. The van der Waals surface area contributed by atoms with Gasteiger partial charge in [-0.05, 0) is 24.7 Å². The minimum absolute atomic E-state index is 0.267. The quantitative estimate of drug-likeness (QED) is 0.575. The van der Waals surface area contributed by atoms with Crippen LogP contribution in [-0.4, -0.2) is 5.54 Å². The molecule has 0 bridgehead atoms. The summed E-state index contributed by atoms with van der Waals surface area (Å²) in [6, 6.07) is 2.21. The Morgan fingerprint density at radius 2 is 2.00 bits per heavy atom. The number of nitrogens with two attached hydrogens (primary N) is 1. The van der Waals surface area contributed by atoms with Crippen molar-refractivity contribution in [3.63, 3.8) is 0 Å². The summed E-state index contributed by atoms with van der Waals surface area (Å²) in [5.41, 5.74) is 5.60. The Hall–Kier alpha value is -0.550.